The first-order valence-electron chi connectivity index (χ1n) is 11.6. The summed E-state index contributed by atoms with van der Waals surface area (Å²) in [7, 11) is 0. The number of aliphatic carboxylic acids is 1. The van der Waals surface area contributed by atoms with Crippen LogP contribution >= 0.6 is 11.8 Å². The Kier molecular flexibility index (Phi) is 9.65. The average molecular weight is 459 g/mol. The van der Waals surface area contributed by atoms with Crippen LogP contribution in [0.15, 0.2) is 47.4 Å². The van der Waals surface area contributed by atoms with Crippen LogP contribution in [-0.4, -0.2) is 41.7 Å². The number of benzene rings is 1. The Bertz CT molecular complexity index is 798. The highest BCUT2D eigenvalue weighted by Crippen LogP contribution is 2.53. The second-order valence-electron chi connectivity index (χ2n) is 8.84. The van der Waals surface area contributed by atoms with Crippen molar-refractivity contribution in [3.05, 3.63) is 42.5 Å². The quantitative estimate of drug-likeness (QED) is 0.237. The number of carbonyl (C=O) groups is 3. The van der Waals surface area contributed by atoms with E-state index in [4.69, 9.17) is 5.11 Å². The van der Waals surface area contributed by atoms with Gasteiger partial charge in [0.15, 0.2) is 0 Å². The average Bonchev–Trinajstić information content (AvgIpc) is 3.39. The predicted octanol–water partition coefficient (Wildman–Crippen LogP) is 3.87. The second-order valence-corrected chi connectivity index (χ2v) is 9.89. The van der Waals surface area contributed by atoms with Crippen LogP contribution in [0.25, 0.3) is 0 Å². The van der Waals surface area contributed by atoms with Crippen molar-refractivity contribution < 1.29 is 19.5 Å². The summed E-state index contributed by atoms with van der Waals surface area (Å²) in [6.45, 7) is 0.690. The Morgan fingerprint density at radius 2 is 1.75 bits per heavy atom. The number of allylic oxidation sites excluding steroid dienone is 2. The minimum absolute atomic E-state index is 0.0170. The summed E-state index contributed by atoms with van der Waals surface area (Å²) in [4.78, 5) is 35.9. The molecule has 0 saturated heterocycles. The van der Waals surface area contributed by atoms with Crippen molar-refractivity contribution in [3.8, 4) is 0 Å². The molecule has 0 unspecified atom stereocenters. The molecule has 1 aromatic carbocycles. The van der Waals surface area contributed by atoms with E-state index >= 15 is 0 Å². The summed E-state index contributed by atoms with van der Waals surface area (Å²) in [5.41, 5.74) is 0. The molecule has 7 heteroatoms. The van der Waals surface area contributed by atoms with E-state index in [9.17, 15) is 14.4 Å². The molecule has 174 valence electrons. The van der Waals surface area contributed by atoms with Crippen molar-refractivity contribution >= 4 is 29.5 Å². The monoisotopic (exact) mass is 458 g/mol. The first-order valence-corrected chi connectivity index (χ1v) is 12.6. The first-order chi connectivity index (χ1) is 15.5. The molecule has 4 atom stereocenters. The predicted molar refractivity (Wildman–Crippen MR) is 126 cm³/mol. The van der Waals surface area contributed by atoms with Gasteiger partial charge in [0.05, 0.1) is 12.3 Å². The van der Waals surface area contributed by atoms with Crippen LogP contribution in [0.3, 0.4) is 0 Å². The number of carboxylic acids is 1. The zero-order valence-electron chi connectivity index (χ0n) is 18.5. The molecular formula is C25H34N2O4S. The third-order valence-electron chi connectivity index (χ3n) is 6.71. The lowest BCUT2D eigenvalue weighted by Crippen LogP contribution is -2.41. The van der Waals surface area contributed by atoms with Crippen molar-refractivity contribution in [2.24, 2.45) is 23.7 Å². The molecule has 2 bridgehead atoms. The molecule has 2 aliphatic carbocycles. The number of carboxylic acid groups (broad SMARTS) is 1. The Labute approximate surface area is 194 Å². The van der Waals surface area contributed by atoms with Gasteiger partial charge in [0.25, 0.3) is 0 Å². The molecule has 0 spiro atoms. The van der Waals surface area contributed by atoms with Crippen molar-refractivity contribution in [1.29, 1.82) is 0 Å². The standard InChI is InChI=1S/C25H34N2O4S/c28-23(16-27-24(29)17-32-20-8-4-3-5-9-20)26-15-22-19-13-12-18(14-19)21(22)10-6-1-2-7-11-25(30)31/h1,3-6,8-9,18-19,21-22H,2,7,10-17H2,(H,26,28)(H,27,29)(H,30,31)/t18-,19+,21-,22+/m1/s1. The highest BCUT2D eigenvalue weighted by Gasteiger charge is 2.46. The number of amides is 2. The van der Waals surface area contributed by atoms with Crippen LogP contribution in [0.1, 0.15) is 44.9 Å². The summed E-state index contributed by atoms with van der Waals surface area (Å²) in [6, 6.07) is 9.73. The van der Waals surface area contributed by atoms with E-state index in [-0.39, 0.29) is 24.8 Å². The van der Waals surface area contributed by atoms with E-state index in [1.54, 1.807) is 0 Å². The van der Waals surface area contributed by atoms with E-state index < -0.39 is 5.97 Å². The first kappa shape index (κ1) is 24.4. The van der Waals surface area contributed by atoms with Gasteiger partial charge in [-0.25, -0.2) is 0 Å². The van der Waals surface area contributed by atoms with Crippen molar-refractivity contribution in [2.75, 3.05) is 18.8 Å². The van der Waals surface area contributed by atoms with Gasteiger partial charge < -0.3 is 15.7 Å². The maximum atomic E-state index is 12.3. The minimum Gasteiger partial charge on any atom is -0.481 e. The van der Waals surface area contributed by atoms with E-state index in [1.165, 1.54) is 31.0 Å². The number of hydrogen-bond acceptors (Lipinski definition) is 4. The van der Waals surface area contributed by atoms with Gasteiger partial charge in [-0.15, -0.1) is 11.8 Å². The third-order valence-corrected chi connectivity index (χ3v) is 7.72. The topological polar surface area (TPSA) is 95.5 Å². The molecule has 6 nitrogen and oxygen atoms in total. The fourth-order valence-corrected chi connectivity index (χ4v) is 5.90. The number of rotatable bonds is 13. The van der Waals surface area contributed by atoms with Crippen LogP contribution in [-0.2, 0) is 14.4 Å². The molecule has 32 heavy (non-hydrogen) atoms. The third kappa shape index (κ3) is 7.69. The maximum absolute atomic E-state index is 12.3. The highest BCUT2D eigenvalue weighted by molar-refractivity contribution is 8.00. The van der Waals surface area contributed by atoms with Crippen LogP contribution in [0.2, 0.25) is 0 Å². The molecule has 1 aromatic rings. The van der Waals surface area contributed by atoms with Crippen LogP contribution in [0, 0.1) is 23.7 Å². The summed E-state index contributed by atoms with van der Waals surface area (Å²) in [6.07, 6.45) is 10.8. The van der Waals surface area contributed by atoms with Crippen molar-refractivity contribution in [3.63, 3.8) is 0 Å². The molecule has 0 heterocycles. The Morgan fingerprint density at radius 1 is 1.00 bits per heavy atom. The number of hydrogen-bond donors (Lipinski definition) is 3. The minimum atomic E-state index is -0.742. The summed E-state index contributed by atoms with van der Waals surface area (Å²) in [5, 5.41) is 14.5. The molecule has 0 aliphatic heterocycles. The maximum Gasteiger partial charge on any atom is 0.303 e. The van der Waals surface area contributed by atoms with Gasteiger partial charge in [0.1, 0.15) is 0 Å². The number of nitrogens with one attached hydrogen (secondary N) is 2. The SMILES string of the molecule is O=C(O)CCCC=CC[C@@H]1[C@@H]2CC[C@@H](C2)[C@@H]1CNC(=O)CNC(=O)CSc1ccccc1. The lowest BCUT2D eigenvalue weighted by Gasteiger charge is -2.30. The Morgan fingerprint density at radius 3 is 2.50 bits per heavy atom. The summed E-state index contributed by atoms with van der Waals surface area (Å²) >= 11 is 1.46. The molecule has 2 amide bonds. The zero-order chi connectivity index (χ0) is 22.8. The van der Waals surface area contributed by atoms with Crippen molar-refractivity contribution in [1.82, 2.24) is 10.6 Å². The van der Waals surface area contributed by atoms with Gasteiger partial charge in [0.2, 0.25) is 11.8 Å². The highest BCUT2D eigenvalue weighted by atomic mass is 32.2. The number of carbonyl (C=O) groups excluding carboxylic acids is 2. The van der Waals surface area contributed by atoms with E-state index in [1.807, 2.05) is 30.3 Å². The van der Waals surface area contributed by atoms with Gasteiger partial charge in [-0.1, -0.05) is 30.4 Å². The van der Waals surface area contributed by atoms with Gasteiger partial charge in [-0.2, -0.15) is 0 Å². The number of thioether (sulfide) groups is 1. The van der Waals surface area contributed by atoms with E-state index in [2.05, 4.69) is 22.8 Å². The van der Waals surface area contributed by atoms with Gasteiger partial charge in [0, 0.05) is 17.9 Å². The number of fused-ring (bicyclic) bond motifs is 2. The molecule has 0 radical (unpaired) electrons. The second kappa shape index (κ2) is 12.7. The normalized spacial score (nSPS) is 24.0. The smallest absolute Gasteiger partial charge is 0.303 e. The van der Waals surface area contributed by atoms with Gasteiger partial charge in [-0.05, 0) is 74.3 Å². The lowest BCUT2D eigenvalue weighted by atomic mass is 9.77. The molecule has 2 saturated carbocycles. The molecule has 0 aromatic heterocycles. The molecular weight excluding hydrogens is 424 g/mol. The van der Waals surface area contributed by atoms with E-state index in [0.29, 0.717) is 36.5 Å². The van der Waals surface area contributed by atoms with Gasteiger partial charge in [-0.3, -0.25) is 14.4 Å². The molecule has 2 fully saturated rings. The van der Waals surface area contributed by atoms with Crippen LogP contribution < -0.4 is 10.6 Å². The molecule has 3 rings (SSSR count). The Balaban J connectivity index is 1.34. The number of unbranched alkanes of at least 4 members (excludes halogenated alkanes) is 1. The van der Waals surface area contributed by atoms with Crippen LogP contribution in [0.5, 0.6) is 0 Å². The van der Waals surface area contributed by atoms with Crippen LogP contribution in [0.4, 0.5) is 0 Å². The Hall–Kier alpha value is -2.28. The fraction of sp³-hybridized carbons (Fsp3) is 0.560. The summed E-state index contributed by atoms with van der Waals surface area (Å²) < 4.78 is 0. The lowest BCUT2D eigenvalue weighted by molar-refractivity contribution is -0.137. The zero-order valence-corrected chi connectivity index (χ0v) is 19.3. The van der Waals surface area contributed by atoms with Crippen molar-refractivity contribution in [2.45, 2.75) is 49.8 Å². The molecule has 3 N–H and O–H groups in total. The van der Waals surface area contributed by atoms with E-state index in [0.717, 1.165) is 23.7 Å². The molecule has 2 aliphatic rings. The largest absolute Gasteiger partial charge is 0.481 e. The van der Waals surface area contributed by atoms with Gasteiger partial charge >= 0.3 is 5.97 Å². The fourth-order valence-electron chi connectivity index (χ4n) is 5.15. The summed E-state index contributed by atoms with van der Waals surface area (Å²) in [5.74, 6) is 1.78.